The zero-order chi connectivity index (χ0) is 13.3. The first-order valence-corrected chi connectivity index (χ1v) is 8.87. The molecular weight excluding hydrogens is 248 g/mol. The predicted octanol–water partition coefficient (Wildman–Crippen LogP) is 2.02. The molecule has 0 aromatic heterocycles. The van der Waals surface area contributed by atoms with Gasteiger partial charge in [-0.05, 0) is 75.2 Å². The van der Waals surface area contributed by atoms with Crippen LogP contribution in [0.3, 0.4) is 0 Å². The first-order valence-electron chi connectivity index (χ1n) is 8.87. The first kappa shape index (κ1) is 12.0. The number of nitrogens with zero attached hydrogens (tertiary/aromatic N) is 1. The van der Waals surface area contributed by atoms with E-state index in [1.54, 1.807) is 0 Å². The third kappa shape index (κ3) is 1.71. The standard InChI is InChI=1S/C17H26N2O/c20-17(16-14-10-3-4-11(8-10)15(14)16)19(13-5-6-13)9-12-2-1-7-18-12/h10-16,18H,1-9H2. The Morgan fingerprint density at radius 3 is 2.40 bits per heavy atom. The van der Waals surface area contributed by atoms with E-state index in [4.69, 9.17) is 0 Å². The van der Waals surface area contributed by atoms with Gasteiger partial charge in [0.05, 0.1) is 0 Å². The van der Waals surface area contributed by atoms with Crippen molar-refractivity contribution in [3.8, 4) is 0 Å². The maximum Gasteiger partial charge on any atom is 0.226 e. The molecule has 1 amide bonds. The van der Waals surface area contributed by atoms with Crippen LogP contribution in [-0.2, 0) is 4.79 Å². The minimum atomic E-state index is 0.447. The van der Waals surface area contributed by atoms with Crippen molar-refractivity contribution < 1.29 is 4.79 Å². The van der Waals surface area contributed by atoms with Gasteiger partial charge < -0.3 is 10.2 Å². The van der Waals surface area contributed by atoms with Crippen LogP contribution in [0.25, 0.3) is 0 Å². The van der Waals surface area contributed by atoms with E-state index in [0.29, 0.717) is 23.9 Å². The van der Waals surface area contributed by atoms with Crippen molar-refractivity contribution in [3.63, 3.8) is 0 Å². The molecule has 0 aromatic carbocycles. The zero-order valence-corrected chi connectivity index (χ0v) is 12.3. The SMILES string of the molecule is O=C(C1C2C3CCC(C3)C12)N(CC1CCCN1)C1CC1. The Bertz CT molecular complexity index is 411. The normalized spacial score (nSPS) is 48.4. The highest BCUT2D eigenvalue weighted by atomic mass is 16.2. The highest BCUT2D eigenvalue weighted by Crippen LogP contribution is 2.69. The molecule has 5 aliphatic rings. The summed E-state index contributed by atoms with van der Waals surface area (Å²) in [6.07, 6.45) is 9.36. The van der Waals surface area contributed by atoms with Gasteiger partial charge in [-0.2, -0.15) is 0 Å². The highest BCUT2D eigenvalue weighted by Gasteiger charge is 2.68. The summed E-state index contributed by atoms with van der Waals surface area (Å²) in [5.74, 6) is 4.45. The van der Waals surface area contributed by atoms with E-state index < -0.39 is 0 Å². The summed E-state index contributed by atoms with van der Waals surface area (Å²) in [6, 6.07) is 1.18. The number of rotatable bonds is 4. The number of amides is 1. The third-order valence-corrected chi connectivity index (χ3v) is 6.87. The fourth-order valence-electron chi connectivity index (χ4n) is 5.80. The Morgan fingerprint density at radius 2 is 1.80 bits per heavy atom. The van der Waals surface area contributed by atoms with Gasteiger partial charge in [0.15, 0.2) is 0 Å². The quantitative estimate of drug-likeness (QED) is 0.850. The minimum absolute atomic E-state index is 0.447. The summed E-state index contributed by atoms with van der Waals surface area (Å²) in [5.41, 5.74) is 0. The summed E-state index contributed by atoms with van der Waals surface area (Å²) in [7, 11) is 0. The van der Waals surface area contributed by atoms with Gasteiger partial charge in [-0.3, -0.25) is 4.79 Å². The van der Waals surface area contributed by atoms with Crippen molar-refractivity contribution in [2.45, 2.75) is 57.0 Å². The molecule has 3 heteroatoms. The monoisotopic (exact) mass is 274 g/mol. The first-order chi connectivity index (χ1) is 9.83. The Morgan fingerprint density at radius 1 is 1.05 bits per heavy atom. The Kier molecular flexibility index (Phi) is 2.54. The molecule has 0 spiro atoms. The van der Waals surface area contributed by atoms with Crippen molar-refractivity contribution in [1.29, 1.82) is 0 Å². The van der Waals surface area contributed by atoms with Crippen LogP contribution in [0.2, 0.25) is 0 Å². The number of hydrogen-bond acceptors (Lipinski definition) is 2. The average molecular weight is 274 g/mol. The number of carbonyl (C=O) groups excluding carboxylic acids is 1. The van der Waals surface area contributed by atoms with E-state index in [1.807, 2.05) is 0 Å². The number of nitrogens with one attached hydrogen (secondary N) is 1. The molecule has 1 saturated heterocycles. The minimum Gasteiger partial charge on any atom is -0.338 e. The molecule has 5 unspecified atom stereocenters. The van der Waals surface area contributed by atoms with Crippen LogP contribution in [-0.4, -0.2) is 36.0 Å². The lowest BCUT2D eigenvalue weighted by atomic mass is 10.0. The van der Waals surface area contributed by atoms with Gasteiger partial charge in [0.1, 0.15) is 0 Å². The van der Waals surface area contributed by atoms with Crippen molar-refractivity contribution in [1.82, 2.24) is 10.2 Å². The molecule has 5 atom stereocenters. The fourth-order valence-corrected chi connectivity index (χ4v) is 5.80. The predicted molar refractivity (Wildman–Crippen MR) is 77.1 cm³/mol. The van der Waals surface area contributed by atoms with Gasteiger partial charge in [0.2, 0.25) is 5.91 Å². The van der Waals surface area contributed by atoms with Gasteiger partial charge in [0, 0.05) is 24.5 Å². The molecule has 5 rings (SSSR count). The van der Waals surface area contributed by atoms with E-state index in [0.717, 1.165) is 36.8 Å². The van der Waals surface area contributed by atoms with Crippen molar-refractivity contribution in [2.24, 2.45) is 29.6 Å². The van der Waals surface area contributed by atoms with E-state index in [1.165, 1.54) is 44.9 Å². The lowest BCUT2D eigenvalue weighted by Gasteiger charge is -2.27. The largest absolute Gasteiger partial charge is 0.338 e. The molecule has 110 valence electrons. The van der Waals surface area contributed by atoms with Gasteiger partial charge in [-0.15, -0.1) is 0 Å². The Labute approximate surface area is 121 Å². The second kappa shape index (κ2) is 4.22. The van der Waals surface area contributed by atoms with Gasteiger partial charge >= 0.3 is 0 Å². The lowest BCUT2D eigenvalue weighted by Crippen LogP contribution is -2.43. The third-order valence-electron chi connectivity index (χ3n) is 6.87. The molecule has 1 N–H and O–H groups in total. The van der Waals surface area contributed by atoms with E-state index in [-0.39, 0.29) is 0 Å². The Balaban J connectivity index is 1.29. The zero-order valence-electron chi connectivity index (χ0n) is 12.3. The van der Waals surface area contributed by atoms with Crippen LogP contribution in [0.5, 0.6) is 0 Å². The van der Waals surface area contributed by atoms with E-state index in [2.05, 4.69) is 10.2 Å². The molecule has 0 aromatic rings. The summed E-state index contributed by atoms with van der Waals surface area (Å²) in [5, 5.41) is 3.57. The number of fused-ring (bicyclic) bond motifs is 5. The number of hydrogen-bond donors (Lipinski definition) is 1. The average Bonchev–Trinajstić information content (AvgIpc) is 3.29. The van der Waals surface area contributed by atoms with Crippen LogP contribution >= 0.6 is 0 Å². The maximum absolute atomic E-state index is 13.0. The summed E-state index contributed by atoms with van der Waals surface area (Å²) in [6.45, 7) is 2.14. The molecule has 2 bridgehead atoms. The van der Waals surface area contributed by atoms with Crippen molar-refractivity contribution in [2.75, 3.05) is 13.1 Å². The fraction of sp³-hybridized carbons (Fsp3) is 0.941. The Hall–Kier alpha value is -0.570. The molecule has 1 heterocycles. The highest BCUT2D eigenvalue weighted by molar-refractivity contribution is 5.83. The topological polar surface area (TPSA) is 32.3 Å². The molecule has 1 aliphatic heterocycles. The number of carbonyl (C=O) groups is 1. The smallest absolute Gasteiger partial charge is 0.226 e. The van der Waals surface area contributed by atoms with Crippen molar-refractivity contribution in [3.05, 3.63) is 0 Å². The summed E-state index contributed by atoms with van der Waals surface area (Å²) >= 11 is 0. The summed E-state index contributed by atoms with van der Waals surface area (Å²) in [4.78, 5) is 15.3. The van der Waals surface area contributed by atoms with E-state index >= 15 is 0 Å². The van der Waals surface area contributed by atoms with Crippen LogP contribution < -0.4 is 5.32 Å². The van der Waals surface area contributed by atoms with Gasteiger partial charge in [-0.1, -0.05) is 0 Å². The van der Waals surface area contributed by atoms with Crippen LogP contribution in [0.15, 0.2) is 0 Å². The molecule has 4 saturated carbocycles. The summed E-state index contributed by atoms with van der Waals surface area (Å²) < 4.78 is 0. The molecule has 3 nitrogen and oxygen atoms in total. The van der Waals surface area contributed by atoms with Crippen LogP contribution in [0.4, 0.5) is 0 Å². The second-order valence-electron chi connectivity index (χ2n) is 8.03. The van der Waals surface area contributed by atoms with Crippen LogP contribution in [0.1, 0.15) is 44.9 Å². The molecule has 5 fully saturated rings. The second-order valence-corrected chi connectivity index (χ2v) is 8.03. The van der Waals surface area contributed by atoms with Crippen molar-refractivity contribution >= 4 is 5.91 Å². The molecular formula is C17H26N2O. The molecule has 20 heavy (non-hydrogen) atoms. The maximum atomic E-state index is 13.0. The van der Waals surface area contributed by atoms with Gasteiger partial charge in [0.25, 0.3) is 0 Å². The molecule has 0 radical (unpaired) electrons. The van der Waals surface area contributed by atoms with E-state index in [9.17, 15) is 4.79 Å². The lowest BCUT2D eigenvalue weighted by molar-refractivity contribution is -0.134. The molecule has 4 aliphatic carbocycles. The van der Waals surface area contributed by atoms with Crippen LogP contribution in [0, 0.1) is 29.6 Å². The van der Waals surface area contributed by atoms with Gasteiger partial charge in [-0.25, -0.2) is 0 Å².